The molecule has 1 N–H and O–H groups in total. The molecule has 0 radical (unpaired) electrons. The number of methoxy groups -OCH3 is 1. The van der Waals surface area contributed by atoms with Gasteiger partial charge in [-0.05, 0) is 38.3 Å². The molecule has 0 aliphatic rings. The van der Waals surface area contributed by atoms with Crippen molar-refractivity contribution in [3.05, 3.63) is 23.0 Å². The molecule has 1 unspecified atom stereocenters. The van der Waals surface area contributed by atoms with Crippen LogP contribution in [0, 0.1) is 19.8 Å². The van der Waals surface area contributed by atoms with E-state index in [-0.39, 0.29) is 0 Å². The average molecular weight is 252 g/mol. The monoisotopic (exact) mass is 252 g/mol. The maximum Gasteiger partial charge on any atom is 0.0618 e. The molecular formula is C15H28N2O. The first-order valence-electron chi connectivity index (χ1n) is 6.89. The van der Waals surface area contributed by atoms with Gasteiger partial charge in [0.25, 0.3) is 0 Å². The second-order valence-electron chi connectivity index (χ2n) is 5.33. The minimum Gasteiger partial charge on any atom is -0.383 e. The summed E-state index contributed by atoms with van der Waals surface area (Å²) in [5, 5.41) is 3.60. The highest BCUT2D eigenvalue weighted by Gasteiger charge is 2.14. The third-order valence-electron chi connectivity index (χ3n) is 3.70. The van der Waals surface area contributed by atoms with Crippen molar-refractivity contribution in [1.82, 2.24) is 9.88 Å². The van der Waals surface area contributed by atoms with E-state index in [1.54, 1.807) is 7.11 Å². The summed E-state index contributed by atoms with van der Waals surface area (Å²) < 4.78 is 7.63. The molecule has 1 aromatic rings. The van der Waals surface area contributed by atoms with Crippen LogP contribution in [-0.4, -0.2) is 24.3 Å². The molecule has 3 heteroatoms. The molecule has 0 saturated carbocycles. The van der Waals surface area contributed by atoms with Crippen LogP contribution < -0.4 is 5.32 Å². The molecule has 0 aliphatic carbocycles. The van der Waals surface area contributed by atoms with E-state index in [9.17, 15) is 0 Å². The normalized spacial score (nSPS) is 13.3. The number of rotatable bonds is 7. The van der Waals surface area contributed by atoms with Gasteiger partial charge in [0.1, 0.15) is 0 Å². The van der Waals surface area contributed by atoms with E-state index in [4.69, 9.17) is 4.74 Å². The molecule has 0 fully saturated rings. The van der Waals surface area contributed by atoms with E-state index in [1.165, 1.54) is 17.0 Å². The summed E-state index contributed by atoms with van der Waals surface area (Å²) in [5.41, 5.74) is 4.12. The third-order valence-corrected chi connectivity index (χ3v) is 3.70. The van der Waals surface area contributed by atoms with Crippen molar-refractivity contribution in [1.29, 1.82) is 0 Å². The Labute approximate surface area is 112 Å². The fourth-order valence-corrected chi connectivity index (χ4v) is 2.45. The quantitative estimate of drug-likeness (QED) is 0.807. The van der Waals surface area contributed by atoms with E-state index >= 15 is 0 Å². The lowest BCUT2D eigenvalue weighted by molar-refractivity contribution is 0.146. The van der Waals surface area contributed by atoms with Crippen LogP contribution >= 0.6 is 0 Å². The van der Waals surface area contributed by atoms with Gasteiger partial charge in [-0.15, -0.1) is 0 Å². The summed E-state index contributed by atoms with van der Waals surface area (Å²) in [6.07, 6.45) is 0. The van der Waals surface area contributed by atoms with Gasteiger partial charge in [0.2, 0.25) is 0 Å². The summed E-state index contributed by atoms with van der Waals surface area (Å²) in [7, 11) is 1.76. The zero-order valence-electron chi connectivity index (χ0n) is 12.7. The van der Waals surface area contributed by atoms with Crippen LogP contribution in [0.5, 0.6) is 0 Å². The Morgan fingerprint density at radius 3 is 2.44 bits per heavy atom. The smallest absolute Gasteiger partial charge is 0.0618 e. The van der Waals surface area contributed by atoms with E-state index < -0.39 is 0 Å². The molecular weight excluding hydrogens is 224 g/mol. The lowest BCUT2D eigenvalue weighted by Gasteiger charge is -2.21. The average Bonchev–Trinajstić information content (AvgIpc) is 2.59. The highest BCUT2D eigenvalue weighted by atomic mass is 16.5. The summed E-state index contributed by atoms with van der Waals surface area (Å²) in [5.74, 6) is 0.583. The molecule has 0 spiro atoms. The number of ether oxygens (including phenoxy) is 1. The highest BCUT2D eigenvalue weighted by Crippen LogP contribution is 2.15. The van der Waals surface area contributed by atoms with Crippen LogP contribution in [-0.2, 0) is 17.8 Å². The summed E-state index contributed by atoms with van der Waals surface area (Å²) in [6, 6.07) is 2.70. The second-order valence-corrected chi connectivity index (χ2v) is 5.33. The van der Waals surface area contributed by atoms with Gasteiger partial charge in [0.05, 0.1) is 6.61 Å². The SMILES string of the molecule is CCn1c(C)cc(CNC(COC)C(C)C)c1C. The first kappa shape index (κ1) is 15.3. The molecule has 1 heterocycles. The molecule has 104 valence electrons. The number of aromatic nitrogens is 1. The maximum absolute atomic E-state index is 5.27. The van der Waals surface area contributed by atoms with Crippen molar-refractivity contribution in [3.8, 4) is 0 Å². The molecule has 0 aliphatic heterocycles. The van der Waals surface area contributed by atoms with Crippen LogP contribution in [0.25, 0.3) is 0 Å². The number of nitrogens with zero attached hydrogens (tertiary/aromatic N) is 1. The molecule has 18 heavy (non-hydrogen) atoms. The first-order valence-corrected chi connectivity index (χ1v) is 6.89. The third kappa shape index (κ3) is 3.59. The number of nitrogens with one attached hydrogen (secondary N) is 1. The first-order chi connectivity index (χ1) is 8.51. The van der Waals surface area contributed by atoms with Crippen molar-refractivity contribution in [3.63, 3.8) is 0 Å². The second kappa shape index (κ2) is 6.95. The molecule has 0 aromatic carbocycles. The van der Waals surface area contributed by atoms with Crippen molar-refractivity contribution < 1.29 is 4.74 Å². The molecule has 0 amide bonds. The Morgan fingerprint density at radius 1 is 1.33 bits per heavy atom. The van der Waals surface area contributed by atoms with Gasteiger partial charge in [0, 0.05) is 37.6 Å². The van der Waals surface area contributed by atoms with Crippen molar-refractivity contribution in [2.24, 2.45) is 5.92 Å². The van der Waals surface area contributed by atoms with Gasteiger partial charge in [-0.25, -0.2) is 0 Å². The van der Waals surface area contributed by atoms with Crippen molar-refractivity contribution in [2.75, 3.05) is 13.7 Å². The number of hydrogen-bond donors (Lipinski definition) is 1. The summed E-state index contributed by atoms with van der Waals surface area (Å²) >= 11 is 0. The minimum atomic E-state index is 0.416. The Morgan fingerprint density at radius 2 is 2.00 bits per heavy atom. The molecule has 1 aromatic heterocycles. The number of hydrogen-bond acceptors (Lipinski definition) is 2. The Kier molecular flexibility index (Phi) is 5.89. The van der Waals surface area contributed by atoms with Gasteiger partial charge in [-0.2, -0.15) is 0 Å². The Hall–Kier alpha value is -0.800. The molecule has 3 nitrogen and oxygen atoms in total. The Bertz CT molecular complexity index is 369. The summed E-state index contributed by atoms with van der Waals surface area (Å²) in [6.45, 7) is 13.8. The van der Waals surface area contributed by atoms with Gasteiger partial charge < -0.3 is 14.6 Å². The molecule has 1 rings (SSSR count). The predicted octanol–water partition coefficient (Wildman–Crippen LogP) is 2.89. The van der Waals surface area contributed by atoms with Crippen LogP contribution in [0.2, 0.25) is 0 Å². The molecule has 0 bridgehead atoms. The van der Waals surface area contributed by atoms with Crippen molar-refractivity contribution >= 4 is 0 Å². The van der Waals surface area contributed by atoms with E-state index in [2.05, 4.69) is 50.6 Å². The maximum atomic E-state index is 5.27. The largest absolute Gasteiger partial charge is 0.383 e. The fourth-order valence-electron chi connectivity index (χ4n) is 2.45. The number of aryl methyl sites for hydroxylation is 1. The predicted molar refractivity (Wildman–Crippen MR) is 76.9 cm³/mol. The fraction of sp³-hybridized carbons (Fsp3) is 0.733. The molecule has 0 saturated heterocycles. The zero-order chi connectivity index (χ0) is 13.7. The zero-order valence-corrected chi connectivity index (χ0v) is 12.7. The Balaban J connectivity index is 2.67. The van der Waals surface area contributed by atoms with Crippen LogP contribution in [0.15, 0.2) is 6.07 Å². The van der Waals surface area contributed by atoms with E-state index in [1.807, 2.05) is 0 Å². The topological polar surface area (TPSA) is 26.2 Å². The van der Waals surface area contributed by atoms with Gasteiger partial charge in [0.15, 0.2) is 0 Å². The van der Waals surface area contributed by atoms with Crippen LogP contribution in [0.1, 0.15) is 37.7 Å². The highest BCUT2D eigenvalue weighted by molar-refractivity contribution is 5.26. The van der Waals surface area contributed by atoms with Crippen LogP contribution in [0.3, 0.4) is 0 Å². The lowest BCUT2D eigenvalue weighted by atomic mass is 10.1. The lowest BCUT2D eigenvalue weighted by Crippen LogP contribution is -2.37. The summed E-state index contributed by atoms with van der Waals surface area (Å²) in [4.78, 5) is 0. The standard InChI is InChI=1S/C15H28N2O/c1-7-17-12(4)8-14(13(17)5)9-16-15(10-18-6)11(2)3/h8,11,15-16H,7,9-10H2,1-6H3. The van der Waals surface area contributed by atoms with E-state index in [0.717, 1.165) is 19.7 Å². The van der Waals surface area contributed by atoms with Crippen molar-refractivity contribution in [2.45, 2.75) is 53.8 Å². The van der Waals surface area contributed by atoms with Gasteiger partial charge >= 0.3 is 0 Å². The minimum absolute atomic E-state index is 0.416. The molecule has 1 atom stereocenters. The van der Waals surface area contributed by atoms with Gasteiger partial charge in [-0.3, -0.25) is 0 Å². The van der Waals surface area contributed by atoms with Crippen LogP contribution in [0.4, 0.5) is 0 Å². The van der Waals surface area contributed by atoms with Gasteiger partial charge in [-0.1, -0.05) is 13.8 Å². The van der Waals surface area contributed by atoms with E-state index in [0.29, 0.717) is 12.0 Å².